The first-order valence-corrected chi connectivity index (χ1v) is 14.0. The van der Waals surface area contributed by atoms with E-state index < -0.39 is 22.0 Å². The Morgan fingerprint density at radius 3 is 1.82 bits per heavy atom. The molecule has 7 nitrogen and oxygen atoms in total. The molecule has 1 N–H and O–H groups in total. The molecule has 0 atom stereocenters. The molecule has 1 fully saturated rings. The van der Waals surface area contributed by atoms with Crippen molar-refractivity contribution in [2.75, 3.05) is 19.6 Å². The quantitative estimate of drug-likeness (QED) is 0.255. The monoisotopic (exact) mass is 515 g/mol. The minimum absolute atomic E-state index is 0.0220. The number of nitrogens with one attached hydrogen (secondary N) is 1. The van der Waals surface area contributed by atoms with Crippen molar-refractivity contribution < 1.29 is 18.0 Å². The minimum atomic E-state index is -4.27. The highest BCUT2D eigenvalue weighted by Crippen LogP contribution is 2.24. The summed E-state index contributed by atoms with van der Waals surface area (Å²) >= 11 is 3.00. The van der Waals surface area contributed by atoms with Gasteiger partial charge in [0.25, 0.3) is 11.8 Å². The fourth-order valence-corrected chi connectivity index (χ4v) is 6.51. The lowest BCUT2D eigenvalue weighted by Gasteiger charge is -2.35. The fourth-order valence-electron chi connectivity index (χ4n) is 3.61. The Hall–Kier alpha value is -2.95. The lowest BCUT2D eigenvalue weighted by Crippen LogP contribution is -2.57. The van der Waals surface area contributed by atoms with Crippen molar-refractivity contribution >= 4 is 44.7 Å². The SMILES string of the molecule is O=C1C(=CNCCc2ccccc2)C(=O)N(CCc2cccs2)S(=O)(=O)N1CCc1cccs1. The number of thiophene rings is 2. The van der Waals surface area contributed by atoms with E-state index in [0.717, 1.165) is 23.9 Å². The van der Waals surface area contributed by atoms with E-state index in [-0.39, 0.29) is 18.7 Å². The van der Waals surface area contributed by atoms with Crippen LogP contribution in [0.2, 0.25) is 0 Å². The zero-order valence-electron chi connectivity index (χ0n) is 18.4. The molecule has 0 bridgehead atoms. The molecule has 1 saturated heterocycles. The molecule has 0 aliphatic carbocycles. The molecule has 0 unspecified atom stereocenters. The van der Waals surface area contributed by atoms with Crippen molar-refractivity contribution in [2.45, 2.75) is 19.3 Å². The first kappa shape index (κ1) is 24.2. The average Bonchev–Trinajstić information content (AvgIpc) is 3.53. The Bertz CT molecular complexity index is 1170. The summed E-state index contributed by atoms with van der Waals surface area (Å²) in [5.74, 6) is -1.58. The smallest absolute Gasteiger partial charge is 0.331 e. The first-order valence-electron chi connectivity index (χ1n) is 10.9. The van der Waals surface area contributed by atoms with Crippen LogP contribution in [0.3, 0.4) is 0 Å². The fraction of sp³-hybridized carbons (Fsp3) is 0.250. The van der Waals surface area contributed by atoms with Gasteiger partial charge in [-0.3, -0.25) is 9.59 Å². The van der Waals surface area contributed by atoms with Gasteiger partial charge in [-0.1, -0.05) is 42.5 Å². The van der Waals surface area contributed by atoms with Gasteiger partial charge in [-0.25, -0.2) is 8.61 Å². The van der Waals surface area contributed by atoms with Gasteiger partial charge in [-0.2, -0.15) is 8.42 Å². The van der Waals surface area contributed by atoms with Gasteiger partial charge in [0, 0.05) is 48.4 Å². The summed E-state index contributed by atoms with van der Waals surface area (Å²) in [7, 11) is -4.27. The molecule has 0 saturated carbocycles. The number of carbonyl (C=O) groups excluding carboxylic acids is 2. The maximum atomic E-state index is 13.3. The summed E-state index contributed by atoms with van der Waals surface area (Å²) in [5, 5.41) is 6.83. The molecule has 0 spiro atoms. The predicted molar refractivity (Wildman–Crippen MR) is 135 cm³/mol. The van der Waals surface area contributed by atoms with Crippen molar-refractivity contribution in [3.63, 3.8) is 0 Å². The Kier molecular flexibility index (Phi) is 7.81. The number of rotatable bonds is 10. The summed E-state index contributed by atoms with van der Waals surface area (Å²) in [6, 6.07) is 17.4. The lowest BCUT2D eigenvalue weighted by atomic mass is 10.1. The van der Waals surface area contributed by atoms with Crippen LogP contribution < -0.4 is 5.32 Å². The molecule has 178 valence electrons. The Morgan fingerprint density at radius 1 is 0.765 bits per heavy atom. The summed E-state index contributed by atoms with van der Waals surface area (Å²) in [4.78, 5) is 28.2. The van der Waals surface area contributed by atoms with Crippen molar-refractivity contribution in [2.24, 2.45) is 0 Å². The average molecular weight is 516 g/mol. The van der Waals surface area contributed by atoms with Crippen LogP contribution >= 0.6 is 22.7 Å². The van der Waals surface area contributed by atoms with Gasteiger partial charge in [0.15, 0.2) is 0 Å². The molecule has 10 heteroatoms. The van der Waals surface area contributed by atoms with E-state index in [1.54, 1.807) is 0 Å². The van der Waals surface area contributed by atoms with Crippen LogP contribution in [0.25, 0.3) is 0 Å². The molecule has 34 heavy (non-hydrogen) atoms. The zero-order chi connectivity index (χ0) is 24.0. The van der Waals surface area contributed by atoms with Gasteiger partial charge in [-0.15, -0.1) is 22.7 Å². The number of hydrogen-bond donors (Lipinski definition) is 1. The number of nitrogens with zero attached hydrogens (tertiary/aromatic N) is 2. The van der Waals surface area contributed by atoms with E-state index in [4.69, 9.17) is 0 Å². The van der Waals surface area contributed by atoms with E-state index in [9.17, 15) is 18.0 Å². The second-order valence-electron chi connectivity index (χ2n) is 7.67. The standard InChI is InChI=1S/C24H25N3O4S3/c28-23-22(18-25-13-10-19-6-2-1-3-7-19)24(29)27(15-12-21-9-5-17-33-21)34(30,31)26(23)14-11-20-8-4-16-32-20/h1-9,16-18,25H,10-15H2. The Labute approximate surface area is 207 Å². The number of hydrogen-bond acceptors (Lipinski definition) is 7. The van der Waals surface area contributed by atoms with Crippen LogP contribution in [0.1, 0.15) is 15.3 Å². The molecule has 2 aromatic heterocycles. The van der Waals surface area contributed by atoms with E-state index in [2.05, 4.69) is 5.32 Å². The second kappa shape index (κ2) is 11.0. The van der Waals surface area contributed by atoms with Gasteiger partial charge in [0.2, 0.25) is 0 Å². The van der Waals surface area contributed by atoms with Gasteiger partial charge < -0.3 is 5.32 Å². The first-order chi connectivity index (χ1) is 16.5. The Morgan fingerprint density at radius 2 is 1.32 bits per heavy atom. The zero-order valence-corrected chi connectivity index (χ0v) is 20.9. The van der Waals surface area contributed by atoms with Crippen LogP contribution in [0.5, 0.6) is 0 Å². The molecule has 1 aliphatic heterocycles. The van der Waals surface area contributed by atoms with E-state index in [1.807, 2.05) is 65.4 Å². The highest BCUT2D eigenvalue weighted by molar-refractivity contribution is 7.88. The van der Waals surface area contributed by atoms with Gasteiger partial charge >= 0.3 is 10.2 Å². The summed E-state index contributed by atoms with van der Waals surface area (Å²) in [5.41, 5.74) is 0.952. The summed E-state index contributed by atoms with van der Waals surface area (Å²) in [6.07, 6.45) is 2.85. The topological polar surface area (TPSA) is 86.8 Å². The molecule has 1 aromatic carbocycles. The van der Waals surface area contributed by atoms with Gasteiger partial charge in [0.05, 0.1) is 0 Å². The minimum Gasteiger partial charge on any atom is -0.390 e. The number of benzene rings is 1. The normalized spacial score (nSPS) is 15.6. The number of carbonyl (C=O) groups is 2. The highest BCUT2D eigenvalue weighted by Gasteiger charge is 2.46. The third-order valence-electron chi connectivity index (χ3n) is 5.40. The molecule has 3 heterocycles. The van der Waals surface area contributed by atoms with Crippen molar-refractivity contribution in [1.29, 1.82) is 0 Å². The largest absolute Gasteiger partial charge is 0.390 e. The highest BCUT2D eigenvalue weighted by atomic mass is 32.2. The van der Waals surface area contributed by atoms with Crippen LogP contribution in [0.4, 0.5) is 0 Å². The van der Waals surface area contributed by atoms with Crippen LogP contribution in [-0.4, -0.2) is 48.5 Å². The number of amides is 2. The van der Waals surface area contributed by atoms with Crippen LogP contribution in [0.15, 0.2) is 77.1 Å². The third-order valence-corrected chi connectivity index (χ3v) is 9.08. The summed E-state index contributed by atoms with van der Waals surface area (Å²) in [6.45, 7) is 0.461. The van der Waals surface area contributed by atoms with E-state index in [0.29, 0.717) is 25.8 Å². The molecule has 0 radical (unpaired) electrons. The van der Waals surface area contributed by atoms with E-state index >= 15 is 0 Å². The Balaban J connectivity index is 1.53. The maximum Gasteiger partial charge on any atom is 0.331 e. The van der Waals surface area contributed by atoms with Gasteiger partial charge in [-0.05, 0) is 34.9 Å². The van der Waals surface area contributed by atoms with Gasteiger partial charge in [0.1, 0.15) is 5.57 Å². The van der Waals surface area contributed by atoms with Crippen molar-refractivity contribution in [3.8, 4) is 0 Å². The van der Waals surface area contributed by atoms with E-state index in [1.165, 1.54) is 28.9 Å². The molecular weight excluding hydrogens is 490 g/mol. The maximum absolute atomic E-state index is 13.3. The van der Waals surface area contributed by atoms with Crippen LogP contribution in [0, 0.1) is 0 Å². The molecule has 3 aromatic rings. The lowest BCUT2D eigenvalue weighted by molar-refractivity contribution is -0.131. The third kappa shape index (κ3) is 5.57. The van der Waals surface area contributed by atoms with Crippen molar-refractivity contribution in [1.82, 2.24) is 13.9 Å². The predicted octanol–water partition coefficient (Wildman–Crippen LogP) is 3.23. The van der Waals surface area contributed by atoms with Crippen molar-refractivity contribution in [3.05, 3.63) is 92.4 Å². The summed E-state index contributed by atoms with van der Waals surface area (Å²) < 4.78 is 28.2. The molecule has 1 aliphatic rings. The molecule has 2 amide bonds. The second-order valence-corrected chi connectivity index (χ2v) is 11.5. The molecular formula is C24H25N3O4S3. The van der Waals surface area contributed by atoms with Crippen LogP contribution in [-0.2, 0) is 39.1 Å². The molecule has 4 rings (SSSR count).